The third-order valence-electron chi connectivity index (χ3n) is 23.4. The van der Waals surface area contributed by atoms with Crippen LogP contribution in [0.3, 0.4) is 0 Å². The summed E-state index contributed by atoms with van der Waals surface area (Å²) in [5.41, 5.74) is 15.8. The van der Waals surface area contributed by atoms with Crippen LogP contribution in [-0.2, 0) is 106 Å². The quantitative estimate of drug-likeness (QED) is 0.0170. The molecule has 3 aliphatic rings. The number of H-pyrrole nitrogens is 4. The number of nitrogens with zero attached hydrogens (tertiary/aromatic N) is 4. The Labute approximate surface area is 758 Å². The van der Waals surface area contributed by atoms with Crippen LogP contribution in [0.15, 0.2) is 147 Å². The third-order valence-corrected chi connectivity index (χ3v) is 25.8. The number of carbonyl (C=O) groups excluding carboxylic acids is 14. The molecule has 14 amide bonds. The summed E-state index contributed by atoms with van der Waals surface area (Å²) < 4.78 is 0. The monoisotopic (exact) mass is 1820 g/mol. The van der Waals surface area contributed by atoms with Crippen LogP contribution < -0.4 is 80.6 Å². The average Bonchev–Trinajstić information content (AvgIpc) is 1.60. The van der Waals surface area contributed by atoms with Gasteiger partial charge in [-0.1, -0.05) is 139 Å². The zero-order valence-corrected chi connectivity index (χ0v) is 74.6. The van der Waals surface area contributed by atoms with Crippen molar-refractivity contribution >= 4 is 132 Å². The van der Waals surface area contributed by atoms with E-state index in [9.17, 15) is 5.11 Å². The summed E-state index contributed by atoms with van der Waals surface area (Å²) in [5.74, 6) is -15.0. The van der Waals surface area contributed by atoms with Gasteiger partial charge in [-0.15, -0.1) is 0 Å². The normalized spacial score (nSPS) is 24.8. The molecular formula is C89H116N24O15S2. The van der Waals surface area contributed by atoms with E-state index < -0.39 is 191 Å². The number of fused-ring (bicyclic) bond motifs is 8. The van der Waals surface area contributed by atoms with E-state index in [1.54, 1.807) is 117 Å². The van der Waals surface area contributed by atoms with Gasteiger partial charge in [-0.05, 0) is 106 Å². The number of unbranched alkanes of at least 4 members (excludes halogenated alkanes) is 1. The molecule has 0 saturated carbocycles. The number of hydrogen-bond donors (Lipinski definition) is 21. The van der Waals surface area contributed by atoms with Crippen LogP contribution in [-0.4, -0.2) is 262 Å². The standard InChI is InChI=1S/C89H116N24O15S2/c1-6-49(2)73-85(125)109-69-45-129-130-46-70(108-75(115)50(3)100-77(117)64(37-54-41-96-60-27-15-13-25-58(54)60)103-76(116)62(29-17-18-32-90)101-78(118)63(35-52-21-9-7-10-22-52)102-79(119)65(104-81(69)121)39-56-43-93-47-98-56)82(122)111-74(51(4)114)86(126)105-66(40-57-44-94-48-99-57)80(120)106-67(36-53-23-11-8-12-24-53)87(127)112(5)71(30-19-33-95-89(91)92)83(123)107-68(38-55-42-97-61-28-16-14-26-59(55)61)88(128)113-34-20-31-72(113)84(124)110-73/h7-16,21-28,41-44,47-51,62-74,96-97,114H,6,17-20,29-40,45-46,90H2,1-5H3,(H,93,98)(H,94,99)(H,100,117)(H,101,118)(H,102,119)(H,103,116)(H,104,121)(H,105,126)(H,106,120)(H,107,123)(H,108,115)(H,109,125)(H,110,124)(H,111,122)(H4,91,92,95)/t49-,50-,51+,62-,63+,64-,65-,66-,67+,68-,69-,70-,71-,72-,73-,74-/m0/s1. The maximum absolute atomic E-state index is 15.9. The van der Waals surface area contributed by atoms with E-state index in [1.807, 2.05) is 18.2 Å². The number of imidazole rings is 2. The molecule has 0 spiro atoms. The Hall–Kier alpha value is -13.2. The van der Waals surface area contributed by atoms with Crippen LogP contribution in [0.25, 0.3) is 21.8 Å². The maximum Gasteiger partial charge on any atom is 0.246 e. The predicted octanol–water partition coefficient (Wildman–Crippen LogP) is -0.265. The molecule has 3 saturated heterocycles. The zero-order chi connectivity index (χ0) is 93.1. The molecule has 0 aliphatic carbocycles. The van der Waals surface area contributed by atoms with Gasteiger partial charge in [-0.3, -0.25) is 72.5 Å². The number of aliphatic hydroxyl groups is 1. The summed E-state index contributed by atoms with van der Waals surface area (Å²) in [6.07, 6.45) is 6.77. The van der Waals surface area contributed by atoms with Crippen molar-refractivity contribution in [2.24, 2.45) is 17.4 Å². The second kappa shape index (κ2) is 47.2. The zero-order valence-electron chi connectivity index (χ0n) is 73.0. The van der Waals surface area contributed by atoms with Crippen molar-refractivity contribution in [1.82, 2.24) is 109 Å². The van der Waals surface area contributed by atoms with Crippen molar-refractivity contribution in [3.05, 3.63) is 180 Å². The Morgan fingerprint density at radius 1 is 0.492 bits per heavy atom. The number of aromatic nitrogens is 6. The number of aromatic amines is 4. The first-order valence-electron chi connectivity index (χ1n) is 43.6. The van der Waals surface area contributed by atoms with Crippen molar-refractivity contribution in [2.75, 3.05) is 38.2 Å². The van der Waals surface area contributed by atoms with Gasteiger partial charge in [0.25, 0.3) is 0 Å². The Bertz CT molecular complexity index is 5250. The number of likely N-dealkylation sites (N-methyl/N-ethyl adjacent to an activating group) is 1. The van der Waals surface area contributed by atoms with Gasteiger partial charge in [-0.25, -0.2) is 9.97 Å². The molecule has 3 aliphatic heterocycles. The van der Waals surface area contributed by atoms with Crippen LogP contribution in [0, 0.1) is 11.3 Å². The number of guanidine groups is 1. The number of para-hydroxylation sites is 2. The lowest BCUT2D eigenvalue weighted by atomic mass is 9.97. The van der Waals surface area contributed by atoms with Gasteiger partial charge in [0.2, 0.25) is 82.7 Å². The van der Waals surface area contributed by atoms with Crippen molar-refractivity contribution in [3.8, 4) is 0 Å². The van der Waals surface area contributed by atoms with Gasteiger partial charge >= 0.3 is 0 Å². The Balaban J connectivity index is 1.02. The minimum Gasteiger partial charge on any atom is -0.391 e. The first-order valence-corrected chi connectivity index (χ1v) is 46.1. The number of amides is 14. The molecule has 8 aromatic rings. The Morgan fingerprint density at radius 3 is 1.49 bits per heavy atom. The summed E-state index contributed by atoms with van der Waals surface area (Å²) in [6, 6.07) is 9.64. The van der Waals surface area contributed by atoms with Gasteiger partial charge in [0.05, 0.1) is 30.1 Å². The van der Waals surface area contributed by atoms with E-state index in [2.05, 4.69) is 99.0 Å². The highest BCUT2D eigenvalue weighted by Gasteiger charge is 2.44. The molecule has 0 unspecified atom stereocenters. The molecule has 130 heavy (non-hydrogen) atoms. The lowest BCUT2D eigenvalue weighted by Crippen LogP contribution is -2.63. The number of rotatable bonds is 23. The van der Waals surface area contributed by atoms with Crippen molar-refractivity contribution in [2.45, 2.75) is 208 Å². The van der Waals surface area contributed by atoms with Crippen LogP contribution in [0.1, 0.15) is 113 Å². The molecule has 0 radical (unpaired) electrons. The minimum absolute atomic E-state index is 0.0118. The van der Waals surface area contributed by atoms with E-state index >= 15 is 67.1 Å². The fourth-order valence-electron chi connectivity index (χ4n) is 15.9. The predicted molar refractivity (Wildman–Crippen MR) is 487 cm³/mol. The third kappa shape index (κ3) is 26.8. The number of carbonyl (C=O) groups is 14. The average molecular weight is 1830 g/mol. The summed E-state index contributed by atoms with van der Waals surface area (Å²) in [7, 11) is 3.07. The second-order valence-corrected chi connectivity index (χ2v) is 35.5. The number of nitrogens with two attached hydrogens (primary N) is 2. The van der Waals surface area contributed by atoms with Crippen molar-refractivity contribution < 1.29 is 72.2 Å². The highest BCUT2D eigenvalue weighted by Crippen LogP contribution is 2.28. The Morgan fingerprint density at radius 2 is 0.946 bits per heavy atom. The van der Waals surface area contributed by atoms with Gasteiger partial charge in [0.1, 0.15) is 84.6 Å². The van der Waals surface area contributed by atoms with E-state index in [1.165, 1.54) is 50.8 Å². The molecular weight excluding hydrogens is 1710 g/mol. The molecule has 11 rings (SSSR count). The van der Waals surface area contributed by atoms with Crippen LogP contribution in [0.5, 0.6) is 0 Å². The summed E-state index contributed by atoms with van der Waals surface area (Å²) in [5, 5.41) is 57.0. The molecule has 41 heteroatoms. The number of aliphatic hydroxyl groups excluding tert-OH is 1. The first-order chi connectivity index (χ1) is 62.5. The first kappa shape index (κ1) is 97.5. The van der Waals surface area contributed by atoms with Crippen molar-refractivity contribution in [3.63, 3.8) is 0 Å². The molecule has 23 N–H and O–H groups in total. The molecule has 3 fully saturated rings. The Kier molecular flexibility index (Phi) is 35.4. The van der Waals surface area contributed by atoms with Crippen LogP contribution in [0.2, 0.25) is 0 Å². The van der Waals surface area contributed by atoms with E-state index in [4.69, 9.17) is 16.9 Å². The molecule has 39 nitrogen and oxygen atoms in total. The molecule has 4 aromatic carbocycles. The van der Waals surface area contributed by atoms with Gasteiger partial charge in [0, 0.05) is 117 Å². The van der Waals surface area contributed by atoms with Gasteiger partial charge < -0.3 is 115 Å². The smallest absolute Gasteiger partial charge is 0.246 e. The number of benzene rings is 4. The van der Waals surface area contributed by atoms with Gasteiger partial charge in [-0.2, -0.15) is 0 Å². The van der Waals surface area contributed by atoms with E-state index in [0.29, 0.717) is 50.5 Å². The largest absolute Gasteiger partial charge is 0.391 e. The molecule has 7 heterocycles. The van der Waals surface area contributed by atoms with Crippen LogP contribution in [0.4, 0.5) is 0 Å². The topological polar surface area (TPSA) is 587 Å². The lowest BCUT2D eigenvalue weighted by molar-refractivity contribution is -0.145. The van der Waals surface area contributed by atoms with Gasteiger partial charge in [0.15, 0.2) is 5.96 Å². The molecule has 4 aromatic heterocycles. The number of hydrogen-bond acceptors (Lipinski definition) is 21. The molecule has 2 bridgehead atoms. The van der Waals surface area contributed by atoms with E-state index in [0.717, 1.165) is 26.5 Å². The summed E-state index contributed by atoms with van der Waals surface area (Å²) in [6.45, 7) is 6.12. The summed E-state index contributed by atoms with van der Waals surface area (Å²) >= 11 is 0. The highest BCUT2D eigenvalue weighted by molar-refractivity contribution is 8.76. The fourth-order valence-corrected chi connectivity index (χ4v) is 18.2. The minimum atomic E-state index is -1.98. The summed E-state index contributed by atoms with van der Waals surface area (Å²) in [4.78, 5) is 239. The molecule has 694 valence electrons. The second-order valence-electron chi connectivity index (χ2n) is 32.9. The SMILES string of the molecule is CC[C@H](C)[C@@H]1NC(=O)[C@@H]2CCCN2C(=O)[C@H](Cc2c[nH]c3ccccc23)NC(=O)[C@H](CCCNC(=N)N)N(C)C(=O)[C@@H](Cc2ccccc2)NC(=O)[C@H](Cc2c[nH]cn2)NC(=O)[C@H]([C@@H](C)O)NC(=O)[C@@H]2CSSC[C@H](NC1=O)C(=O)N[C@@H](Cc1c[nH]cn1)C(=O)N[C@H](Cc1ccccc1)C(=O)N[C@@H](CCCCN)C(=O)N[C@@H](Cc1c[nH]c3ccccc13)C(=O)N[C@@H](C)C(=O)N2. The van der Waals surface area contributed by atoms with E-state index in [-0.39, 0.29) is 120 Å². The maximum atomic E-state index is 15.9. The fraction of sp³-hybridized carbons (Fsp3) is 0.449. The molecule has 16 atom stereocenters. The lowest BCUT2D eigenvalue weighted by Gasteiger charge is -2.34. The number of nitrogens with one attached hydrogen (secondary N) is 18. The highest BCUT2D eigenvalue weighted by atomic mass is 33.1. The van der Waals surface area contributed by atoms with Crippen molar-refractivity contribution in [1.29, 1.82) is 5.41 Å². The van der Waals surface area contributed by atoms with Crippen LogP contribution >= 0.6 is 21.6 Å².